The zero-order valence-electron chi connectivity index (χ0n) is 18.1. The second-order valence-electron chi connectivity index (χ2n) is 7.39. The van der Waals surface area contributed by atoms with Crippen molar-refractivity contribution in [1.82, 2.24) is 14.8 Å². The number of thioether (sulfide) groups is 1. The third kappa shape index (κ3) is 5.55. The number of aromatic nitrogens is 3. The Kier molecular flexibility index (Phi) is 7.44. The maximum atomic E-state index is 13.9. The van der Waals surface area contributed by atoms with Gasteiger partial charge in [0.25, 0.3) is 0 Å². The van der Waals surface area contributed by atoms with Gasteiger partial charge >= 0.3 is 0 Å². The van der Waals surface area contributed by atoms with Gasteiger partial charge in [-0.05, 0) is 42.8 Å². The molecule has 174 valence electrons. The van der Waals surface area contributed by atoms with Gasteiger partial charge in [-0.2, -0.15) is 0 Å². The zero-order valence-corrected chi connectivity index (χ0v) is 19.7. The van der Waals surface area contributed by atoms with Crippen LogP contribution in [0, 0.1) is 22.9 Å². The Balaban J connectivity index is 1.57. The molecule has 0 spiro atoms. The predicted octanol–water partition coefficient (Wildman–Crippen LogP) is 6.06. The molecule has 0 unspecified atom stereocenters. The molecule has 0 N–H and O–H groups in total. The minimum atomic E-state index is -0.570. The Morgan fingerprint density at radius 3 is 2.56 bits per heavy atom. The molecule has 4 aromatic rings. The summed E-state index contributed by atoms with van der Waals surface area (Å²) in [5, 5.41) is 20.1. The highest BCUT2D eigenvalue weighted by atomic mass is 35.5. The van der Waals surface area contributed by atoms with Crippen molar-refractivity contribution in [2.75, 3.05) is 6.54 Å². The van der Waals surface area contributed by atoms with E-state index in [4.69, 9.17) is 16.3 Å². The number of aryl methyl sites for hydroxylation is 1. The van der Waals surface area contributed by atoms with Crippen LogP contribution in [-0.4, -0.2) is 26.2 Å². The summed E-state index contributed by atoms with van der Waals surface area (Å²) in [6.07, 6.45) is 0. The van der Waals surface area contributed by atoms with Gasteiger partial charge in [-0.1, -0.05) is 65.8 Å². The van der Waals surface area contributed by atoms with Gasteiger partial charge in [0.1, 0.15) is 29.2 Å². The average Bonchev–Trinajstić information content (AvgIpc) is 3.19. The van der Waals surface area contributed by atoms with Gasteiger partial charge < -0.3 is 4.74 Å². The van der Waals surface area contributed by atoms with E-state index in [1.54, 1.807) is 36.4 Å². The molecule has 1 aromatic heterocycles. The summed E-state index contributed by atoms with van der Waals surface area (Å²) in [6, 6.07) is 20.9. The summed E-state index contributed by atoms with van der Waals surface area (Å²) in [6.45, 7) is 1.50. The molecule has 1 atom stereocenters. The number of nitrogens with zero attached hydrogens (tertiary/aromatic N) is 4. The first-order valence-corrected chi connectivity index (χ1v) is 11.6. The first-order valence-electron chi connectivity index (χ1n) is 10.3. The Hall–Kier alpha value is -3.43. The summed E-state index contributed by atoms with van der Waals surface area (Å²) >= 11 is 7.66. The Morgan fingerprint density at radius 2 is 1.85 bits per heavy atom. The van der Waals surface area contributed by atoms with Gasteiger partial charge in [0.05, 0.1) is 5.02 Å². The number of hydrogen-bond acceptors (Lipinski definition) is 6. The normalized spacial score (nSPS) is 11.9. The first-order chi connectivity index (χ1) is 16.4. The van der Waals surface area contributed by atoms with E-state index in [0.29, 0.717) is 27.9 Å². The minimum Gasteiger partial charge on any atom is -0.487 e. The van der Waals surface area contributed by atoms with Crippen LogP contribution in [0.2, 0.25) is 5.02 Å². The van der Waals surface area contributed by atoms with Crippen LogP contribution >= 0.6 is 23.4 Å². The van der Waals surface area contributed by atoms with Crippen LogP contribution < -0.4 is 4.74 Å². The largest absolute Gasteiger partial charge is 0.487 e. The van der Waals surface area contributed by atoms with Crippen molar-refractivity contribution in [1.29, 1.82) is 0 Å². The predicted molar refractivity (Wildman–Crippen MR) is 129 cm³/mol. The van der Waals surface area contributed by atoms with Gasteiger partial charge in [0, 0.05) is 16.2 Å². The van der Waals surface area contributed by atoms with Crippen LogP contribution in [0.5, 0.6) is 5.75 Å². The minimum absolute atomic E-state index is 0.0122. The van der Waals surface area contributed by atoms with Crippen LogP contribution in [0.3, 0.4) is 0 Å². The summed E-state index contributed by atoms with van der Waals surface area (Å²) in [5.74, 6) is 0.667. The lowest BCUT2D eigenvalue weighted by Gasteiger charge is -2.16. The topological polar surface area (TPSA) is 83.1 Å². The number of halogens is 2. The Labute approximate surface area is 204 Å². The fraction of sp³-hybridized carbons (Fsp3) is 0.167. The number of hydrogen-bond donors (Lipinski definition) is 0. The second kappa shape index (κ2) is 10.7. The number of rotatable bonds is 9. The quantitative estimate of drug-likeness (QED) is 0.158. The highest BCUT2D eigenvalue weighted by molar-refractivity contribution is 7.99. The second-order valence-corrected chi connectivity index (χ2v) is 8.97. The molecule has 0 bridgehead atoms. The van der Waals surface area contributed by atoms with Gasteiger partial charge in [-0.15, -0.1) is 10.2 Å². The number of benzene rings is 3. The van der Waals surface area contributed by atoms with E-state index in [-0.39, 0.29) is 28.9 Å². The van der Waals surface area contributed by atoms with E-state index >= 15 is 0 Å². The maximum absolute atomic E-state index is 13.9. The molecule has 34 heavy (non-hydrogen) atoms. The number of nitro groups is 1. The maximum Gasteiger partial charge on any atom is 0.220 e. The molecule has 7 nitrogen and oxygen atoms in total. The lowest BCUT2D eigenvalue weighted by atomic mass is 10.1. The zero-order chi connectivity index (χ0) is 24.1. The molecule has 0 saturated heterocycles. The van der Waals surface area contributed by atoms with Crippen LogP contribution in [0.1, 0.15) is 22.2 Å². The summed E-state index contributed by atoms with van der Waals surface area (Å²) in [4.78, 5) is 11.1. The van der Waals surface area contributed by atoms with E-state index < -0.39 is 5.25 Å². The van der Waals surface area contributed by atoms with Crippen molar-refractivity contribution < 1.29 is 14.1 Å². The Morgan fingerprint density at radius 1 is 1.12 bits per heavy atom. The molecule has 1 heterocycles. The third-order valence-corrected chi connectivity index (χ3v) is 6.52. The summed E-state index contributed by atoms with van der Waals surface area (Å²) < 4.78 is 21.4. The van der Waals surface area contributed by atoms with E-state index in [1.165, 1.54) is 17.8 Å². The molecule has 10 heteroatoms. The first kappa shape index (κ1) is 23.7. The number of para-hydroxylation sites is 1. The monoisotopic (exact) mass is 498 g/mol. The van der Waals surface area contributed by atoms with Crippen molar-refractivity contribution >= 4 is 23.4 Å². The molecule has 0 aliphatic heterocycles. The van der Waals surface area contributed by atoms with E-state index in [1.807, 2.05) is 41.8 Å². The Bertz CT molecular complexity index is 1300. The summed E-state index contributed by atoms with van der Waals surface area (Å²) in [7, 11) is 0. The van der Waals surface area contributed by atoms with Crippen molar-refractivity contribution in [3.63, 3.8) is 0 Å². The van der Waals surface area contributed by atoms with Crippen LogP contribution in [0.25, 0.3) is 5.69 Å². The fourth-order valence-corrected chi connectivity index (χ4v) is 4.78. The fourth-order valence-electron chi connectivity index (χ4n) is 3.37. The van der Waals surface area contributed by atoms with E-state index in [9.17, 15) is 14.5 Å². The molecule has 0 aliphatic rings. The molecule has 0 radical (unpaired) electrons. The van der Waals surface area contributed by atoms with Crippen molar-refractivity contribution in [2.24, 2.45) is 0 Å². The third-order valence-electron chi connectivity index (χ3n) is 5.04. The molecule has 0 amide bonds. The summed E-state index contributed by atoms with van der Waals surface area (Å²) in [5.41, 5.74) is 1.91. The van der Waals surface area contributed by atoms with Gasteiger partial charge in [0.2, 0.25) is 6.54 Å². The standard InChI is InChI=1S/C24H20ClFN4O3S/c1-16-27-28-24(30(16)19-8-3-2-4-9-19)34-23(14-29(31)32)17-11-12-22(20(25)13-17)33-15-18-7-5-6-10-21(18)26/h2-13,23H,14-15H2,1H3/t23-/m0/s1. The number of ether oxygens (including phenoxy) is 1. The van der Waals surface area contributed by atoms with E-state index in [2.05, 4.69) is 10.2 Å². The molecule has 0 fully saturated rings. The van der Waals surface area contributed by atoms with Crippen LogP contribution in [0.15, 0.2) is 78.0 Å². The molecule has 0 saturated carbocycles. The smallest absolute Gasteiger partial charge is 0.220 e. The van der Waals surface area contributed by atoms with Gasteiger partial charge in [-0.3, -0.25) is 14.7 Å². The molecular weight excluding hydrogens is 479 g/mol. The van der Waals surface area contributed by atoms with Crippen molar-refractivity contribution in [3.05, 3.63) is 111 Å². The van der Waals surface area contributed by atoms with Gasteiger partial charge in [0.15, 0.2) is 5.16 Å². The van der Waals surface area contributed by atoms with Crippen molar-refractivity contribution in [2.45, 2.75) is 23.9 Å². The lowest BCUT2D eigenvalue weighted by molar-refractivity contribution is -0.479. The highest BCUT2D eigenvalue weighted by Gasteiger charge is 2.24. The lowest BCUT2D eigenvalue weighted by Crippen LogP contribution is -2.11. The average molecular weight is 499 g/mol. The molecule has 0 aliphatic carbocycles. The molecular formula is C24H20ClFN4O3S. The van der Waals surface area contributed by atoms with Gasteiger partial charge in [-0.25, -0.2) is 4.39 Å². The van der Waals surface area contributed by atoms with E-state index in [0.717, 1.165) is 5.69 Å². The van der Waals surface area contributed by atoms with Crippen LogP contribution in [-0.2, 0) is 6.61 Å². The molecule has 3 aromatic carbocycles. The SMILES string of the molecule is Cc1nnc(S[C@@H](C[N+](=O)[O-])c2ccc(OCc3ccccc3F)c(Cl)c2)n1-c1ccccc1. The van der Waals surface area contributed by atoms with Crippen molar-refractivity contribution in [3.8, 4) is 11.4 Å². The van der Waals surface area contributed by atoms with Crippen LogP contribution in [0.4, 0.5) is 4.39 Å². The highest BCUT2D eigenvalue weighted by Crippen LogP contribution is 2.38. The molecule has 4 rings (SSSR count).